The van der Waals surface area contributed by atoms with Gasteiger partial charge in [-0.2, -0.15) is 0 Å². The Morgan fingerprint density at radius 2 is 2.25 bits per heavy atom. The monoisotopic (exact) mass is 270 g/mol. The van der Waals surface area contributed by atoms with E-state index in [1.54, 1.807) is 0 Å². The van der Waals surface area contributed by atoms with Crippen molar-refractivity contribution in [3.8, 4) is 0 Å². The molecule has 3 heteroatoms. The Bertz CT molecular complexity index is 558. The molecule has 106 valence electrons. The zero-order valence-electron chi connectivity index (χ0n) is 12.0. The first kappa shape index (κ1) is 13.5. The second-order valence-electron chi connectivity index (χ2n) is 5.61. The molecule has 1 aromatic heterocycles. The van der Waals surface area contributed by atoms with E-state index in [9.17, 15) is 0 Å². The third-order valence-corrected chi connectivity index (χ3v) is 4.25. The first-order chi connectivity index (χ1) is 9.84. The molecule has 0 aliphatic carbocycles. The van der Waals surface area contributed by atoms with E-state index in [2.05, 4.69) is 41.5 Å². The highest BCUT2D eigenvalue weighted by Crippen LogP contribution is 2.18. The predicted octanol–water partition coefficient (Wildman–Crippen LogP) is 2.79. The third-order valence-electron chi connectivity index (χ3n) is 4.25. The normalized spacial score (nSPS) is 20.4. The van der Waals surface area contributed by atoms with Gasteiger partial charge in [0.2, 0.25) is 0 Å². The van der Waals surface area contributed by atoms with Crippen molar-refractivity contribution in [3.05, 3.63) is 42.1 Å². The lowest BCUT2D eigenvalue weighted by molar-refractivity contribution is 0.178. The lowest BCUT2D eigenvalue weighted by Gasteiger charge is -2.19. The Morgan fingerprint density at radius 1 is 1.35 bits per heavy atom. The molecule has 1 aliphatic rings. The molecule has 1 aromatic carbocycles. The van der Waals surface area contributed by atoms with Crippen molar-refractivity contribution in [2.75, 3.05) is 19.8 Å². The lowest BCUT2D eigenvalue weighted by atomic mass is 10.0. The van der Waals surface area contributed by atoms with Crippen LogP contribution in [0.2, 0.25) is 0 Å². The van der Waals surface area contributed by atoms with Gasteiger partial charge in [0.25, 0.3) is 0 Å². The molecule has 20 heavy (non-hydrogen) atoms. The zero-order valence-corrected chi connectivity index (χ0v) is 12.0. The van der Waals surface area contributed by atoms with E-state index in [-0.39, 0.29) is 0 Å². The second-order valence-corrected chi connectivity index (χ2v) is 5.61. The van der Waals surface area contributed by atoms with E-state index in [0.717, 1.165) is 31.7 Å². The van der Waals surface area contributed by atoms with E-state index in [1.807, 2.05) is 12.3 Å². The van der Waals surface area contributed by atoms with Gasteiger partial charge in [-0.25, -0.2) is 0 Å². The number of nitrogens with zero attached hydrogens (tertiary/aromatic N) is 1. The molecular weight excluding hydrogens is 248 g/mol. The molecule has 0 bridgehead atoms. The summed E-state index contributed by atoms with van der Waals surface area (Å²) in [7, 11) is 0. The van der Waals surface area contributed by atoms with Crippen molar-refractivity contribution in [1.82, 2.24) is 10.3 Å². The van der Waals surface area contributed by atoms with E-state index in [0.29, 0.717) is 12.0 Å². The van der Waals surface area contributed by atoms with Gasteiger partial charge in [0.1, 0.15) is 0 Å². The number of fused-ring (bicyclic) bond motifs is 1. The summed E-state index contributed by atoms with van der Waals surface area (Å²) in [5, 5.41) is 4.85. The maximum Gasteiger partial charge on any atom is 0.0734 e. The maximum atomic E-state index is 5.45. The number of hydrogen-bond donors (Lipinski definition) is 1. The van der Waals surface area contributed by atoms with Gasteiger partial charge in [-0.15, -0.1) is 0 Å². The molecule has 1 saturated heterocycles. The summed E-state index contributed by atoms with van der Waals surface area (Å²) in [6.07, 6.45) is 4.08. The van der Waals surface area contributed by atoms with Crippen molar-refractivity contribution in [1.29, 1.82) is 0 Å². The third kappa shape index (κ3) is 3.00. The van der Waals surface area contributed by atoms with Crippen LogP contribution in [0.5, 0.6) is 0 Å². The number of ether oxygens (including phenoxy) is 1. The molecule has 2 aromatic rings. The molecule has 2 unspecified atom stereocenters. The quantitative estimate of drug-likeness (QED) is 0.907. The summed E-state index contributed by atoms with van der Waals surface area (Å²) in [6, 6.07) is 11.1. The van der Waals surface area contributed by atoms with Gasteiger partial charge in [-0.1, -0.05) is 24.3 Å². The molecule has 1 N–H and O–H groups in total. The van der Waals surface area contributed by atoms with Crippen LogP contribution in [0.15, 0.2) is 36.5 Å². The van der Waals surface area contributed by atoms with Crippen LogP contribution in [0.1, 0.15) is 18.9 Å². The van der Waals surface area contributed by atoms with Crippen LogP contribution >= 0.6 is 0 Å². The van der Waals surface area contributed by atoms with Crippen molar-refractivity contribution in [2.24, 2.45) is 5.92 Å². The molecule has 0 spiro atoms. The molecule has 1 fully saturated rings. The summed E-state index contributed by atoms with van der Waals surface area (Å²) in [6.45, 7) is 5.09. The molecule has 2 atom stereocenters. The number of nitrogens with one attached hydrogen (secondary N) is 1. The highest BCUT2D eigenvalue weighted by molar-refractivity contribution is 5.81. The molecular formula is C17H22N2O. The fraction of sp³-hybridized carbons (Fsp3) is 0.471. The van der Waals surface area contributed by atoms with Crippen LogP contribution in [0.25, 0.3) is 10.9 Å². The number of para-hydroxylation sites is 1. The molecule has 0 saturated carbocycles. The Labute approximate surface area is 120 Å². The number of rotatable bonds is 5. The maximum absolute atomic E-state index is 5.45. The molecule has 1 aliphatic heterocycles. The van der Waals surface area contributed by atoms with Crippen LogP contribution in [0.4, 0.5) is 0 Å². The first-order valence-electron chi connectivity index (χ1n) is 7.48. The fourth-order valence-corrected chi connectivity index (χ4v) is 2.92. The molecule has 3 rings (SSSR count). The number of hydrogen-bond acceptors (Lipinski definition) is 3. The summed E-state index contributed by atoms with van der Waals surface area (Å²) in [5.41, 5.74) is 2.46. The average molecular weight is 270 g/mol. The van der Waals surface area contributed by atoms with E-state index in [1.165, 1.54) is 17.4 Å². The minimum Gasteiger partial charge on any atom is -0.381 e. The zero-order chi connectivity index (χ0) is 13.8. The first-order valence-corrected chi connectivity index (χ1v) is 7.48. The molecule has 0 radical (unpaired) electrons. The van der Waals surface area contributed by atoms with Crippen LogP contribution in [0.3, 0.4) is 0 Å². The highest BCUT2D eigenvalue weighted by Gasteiger charge is 2.21. The largest absolute Gasteiger partial charge is 0.381 e. The van der Waals surface area contributed by atoms with Crippen molar-refractivity contribution >= 4 is 10.9 Å². The van der Waals surface area contributed by atoms with Gasteiger partial charge in [0.15, 0.2) is 0 Å². The summed E-state index contributed by atoms with van der Waals surface area (Å²) >= 11 is 0. The fourth-order valence-electron chi connectivity index (χ4n) is 2.92. The molecule has 2 heterocycles. The Morgan fingerprint density at radius 3 is 3.10 bits per heavy atom. The van der Waals surface area contributed by atoms with Gasteiger partial charge in [-0.3, -0.25) is 4.98 Å². The average Bonchev–Trinajstić information content (AvgIpc) is 3.02. The van der Waals surface area contributed by atoms with E-state index in [4.69, 9.17) is 4.74 Å². The van der Waals surface area contributed by atoms with Gasteiger partial charge >= 0.3 is 0 Å². The van der Waals surface area contributed by atoms with Gasteiger partial charge in [0, 0.05) is 24.2 Å². The molecule has 3 nitrogen and oxygen atoms in total. The summed E-state index contributed by atoms with van der Waals surface area (Å²) in [5.74, 6) is 0.667. The highest BCUT2D eigenvalue weighted by atomic mass is 16.5. The topological polar surface area (TPSA) is 34.2 Å². The summed E-state index contributed by atoms with van der Waals surface area (Å²) < 4.78 is 5.45. The van der Waals surface area contributed by atoms with Gasteiger partial charge in [-0.05, 0) is 43.9 Å². The Balaban J connectivity index is 1.59. The standard InChI is InChI=1S/C17H22N2O/c1-13(16-8-11-20-12-16)18-10-7-15-5-2-4-14-6-3-9-19-17(14)15/h2-6,9,13,16,18H,7-8,10-12H2,1H3. The van der Waals surface area contributed by atoms with E-state index < -0.39 is 0 Å². The van der Waals surface area contributed by atoms with Crippen molar-refractivity contribution < 1.29 is 4.74 Å². The number of pyridine rings is 1. The smallest absolute Gasteiger partial charge is 0.0734 e. The van der Waals surface area contributed by atoms with Gasteiger partial charge in [0.05, 0.1) is 12.1 Å². The second kappa shape index (κ2) is 6.33. The number of benzene rings is 1. The Hall–Kier alpha value is -1.45. The van der Waals surface area contributed by atoms with Crippen molar-refractivity contribution in [3.63, 3.8) is 0 Å². The minimum atomic E-state index is 0.528. The SMILES string of the molecule is CC(NCCc1cccc2cccnc12)C1CCOC1. The van der Waals surface area contributed by atoms with Crippen LogP contribution in [0, 0.1) is 5.92 Å². The summed E-state index contributed by atoms with van der Waals surface area (Å²) in [4.78, 5) is 4.51. The minimum absolute atomic E-state index is 0.528. The molecule has 0 amide bonds. The van der Waals surface area contributed by atoms with E-state index >= 15 is 0 Å². The van der Waals surface area contributed by atoms with Crippen molar-refractivity contribution in [2.45, 2.75) is 25.8 Å². The van der Waals surface area contributed by atoms with Crippen LogP contribution < -0.4 is 5.32 Å². The van der Waals surface area contributed by atoms with Crippen LogP contribution in [-0.4, -0.2) is 30.8 Å². The number of aromatic nitrogens is 1. The lowest BCUT2D eigenvalue weighted by Crippen LogP contribution is -2.35. The predicted molar refractivity (Wildman–Crippen MR) is 81.8 cm³/mol. The van der Waals surface area contributed by atoms with Crippen LogP contribution in [-0.2, 0) is 11.2 Å². The Kier molecular flexibility index (Phi) is 4.28. The van der Waals surface area contributed by atoms with Gasteiger partial charge < -0.3 is 10.1 Å².